The summed E-state index contributed by atoms with van der Waals surface area (Å²) in [6, 6.07) is 32.3. The van der Waals surface area contributed by atoms with Crippen LogP contribution in [0.4, 0.5) is 0 Å². The molecule has 1 fully saturated rings. The van der Waals surface area contributed by atoms with E-state index in [2.05, 4.69) is 103 Å². The highest BCUT2D eigenvalue weighted by molar-refractivity contribution is 7.96. The number of carbonyl (C=O) groups excluding carboxylic acids is 1. The molecule has 1 amide bonds. The van der Waals surface area contributed by atoms with E-state index >= 15 is 0 Å². The Hall–Kier alpha value is -1.96. The summed E-state index contributed by atoms with van der Waals surface area (Å²) in [6.45, 7) is 3.94. The van der Waals surface area contributed by atoms with Gasteiger partial charge in [-0.2, -0.15) is 0 Å². The smallest absolute Gasteiger partial charge is 0.264 e. The third kappa shape index (κ3) is 4.11. The van der Waals surface area contributed by atoms with Crippen LogP contribution in [0.5, 0.6) is 0 Å². The monoisotopic (exact) mass is 481 g/mol. The van der Waals surface area contributed by atoms with Crippen LogP contribution in [-0.2, 0) is 4.79 Å². The predicted molar refractivity (Wildman–Crippen MR) is 125 cm³/mol. The maximum atomic E-state index is 13.7. The number of rotatable bonds is 7. The topological polar surface area (TPSA) is 20.3 Å². The lowest BCUT2D eigenvalue weighted by molar-refractivity contribution is -0.127. The van der Waals surface area contributed by atoms with E-state index in [4.69, 9.17) is 0 Å². The predicted octanol–water partition coefficient (Wildman–Crippen LogP) is 1.39. The molecule has 0 N–H and O–H groups in total. The van der Waals surface area contributed by atoms with E-state index in [9.17, 15) is 4.79 Å². The minimum Gasteiger partial charge on any atom is -1.00 e. The molecule has 1 atom stereocenters. The first-order chi connectivity index (χ1) is 14.3. The molecule has 1 aliphatic heterocycles. The van der Waals surface area contributed by atoms with E-state index in [1.807, 2.05) is 0 Å². The van der Waals surface area contributed by atoms with Gasteiger partial charge in [-0.25, -0.2) is 0 Å². The number of likely N-dealkylation sites (tertiary alicyclic amines) is 1. The summed E-state index contributed by atoms with van der Waals surface area (Å²) in [7, 11) is -2.12. The van der Waals surface area contributed by atoms with Gasteiger partial charge in [-0.05, 0) is 42.8 Å². The van der Waals surface area contributed by atoms with E-state index in [1.165, 1.54) is 15.9 Å². The second-order valence-corrected chi connectivity index (χ2v) is 11.3. The molecule has 1 unspecified atom stereocenters. The van der Waals surface area contributed by atoms with Crippen LogP contribution >= 0.6 is 7.26 Å². The molecule has 156 valence electrons. The zero-order valence-electron chi connectivity index (χ0n) is 17.5. The molecule has 3 aromatic rings. The number of halogens is 1. The van der Waals surface area contributed by atoms with Gasteiger partial charge in [0.1, 0.15) is 23.2 Å². The largest absolute Gasteiger partial charge is 1.00 e. The average Bonchev–Trinajstić information content (AvgIpc) is 3.16. The van der Waals surface area contributed by atoms with E-state index in [-0.39, 0.29) is 22.6 Å². The van der Waals surface area contributed by atoms with Crippen LogP contribution in [0.1, 0.15) is 26.2 Å². The van der Waals surface area contributed by atoms with Crippen molar-refractivity contribution in [1.82, 2.24) is 4.90 Å². The van der Waals surface area contributed by atoms with E-state index in [0.717, 1.165) is 32.4 Å². The fraction of sp³-hybridized carbons (Fsp3) is 0.269. The third-order valence-corrected chi connectivity index (χ3v) is 10.8. The first-order valence-electron chi connectivity index (χ1n) is 10.6. The molecule has 3 aromatic carbocycles. The summed E-state index contributed by atoms with van der Waals surface area (Å²) >= 11 is 0. The number of unbranched alkanes of at least 4 members (excludes halogenated alkanes) is 1. The van der Waals surface area contributed by atoms with E-state index < -0.39 is 7.26 Å². The fourth-order valence-electron chi connectivity index (χ4n) is 4.63. The summed E-state index contributed by atoms with van der Waals surface area (Å²) in [5, 5.41) is 3.90. The highest BCUT2D eigenvalue weighted by Crippen LogP contribution is 2.62. The average molecular weight is 482 g/mol. The van der Waals surface area contributed by atoms with Crippen LogP contribution < -0.4 is 32.9 Å². The van der Waals surface area contributed by atoms with Gasteiger partial charge in [-0.15, -0.1) is 0 Å². The van der Waals surface area contributed by atoms with Crippen LogP contribution in [0.3, 0.4) is 0 Å². The summed E-state index contributed by atoms with van der Waals surface area (Å²) in [5.41, 5.74) is 0.00607. The zero-order chi connectivity index (χ0) is 20.1. The number of hydrogen-bond acceptors (Lipinski definition) is 1. The van der Waals surface area contributed by atoms with Gasteiger partial charge in [-0.1, -0.05) is 67.9 Å². The van der Waals surface area contributed by atoms with Gasteiger partial charge < -0.3 is 21.9 Å². The second kappa shape index (κ2) is 10.4. The van der Waals surface area contributed by atoms with Gasteiger partial charge in [0, 0.05) is 19.5 Å². The molecular weight excluding hydrogens is 453 g/mol. The van der Waals surface area contributed by atoms with Crippen molar-refractivity contribution in [3.63, 3.8) is 0 Å². The van der Waals surface area contributed by atoms with Gasteiger partial charge in [0.2, 0.25) is 0 Å². The first-order valence-corrected chi connectivity index (χ1v) is 12.5. The Bertz CT molecular complexity index is 836. The SMILES string of the molecule is CCCCN1CCC([P+](c2ccccc2)(c2ccccc2)c2ccccc2)C1=O.[Br-]. The molecule has 0 radical (unpaired) electrons. The van der Waals surface area contributed by atoms with Crippen LogP contribution in [0.15, 0.2) is 91.0 Å². The van der Waals surface area contributed by atoms with Crippen LogP contribution in [0, 0.1) is 0 Å². The van der Waals surface area contributed by atoms with Crippen molar-refractivity contribution in [2.45, 2.75) is 31.8 Å². The molecule has 1 heterocycles. The van der Waals surface area contributed by atoms with Crippen molar-refractivity contribution in [1.29, 1.82) is 0 Å². The fourth-order valence-corrected chi connectivity index (χ4v) is 9.53. The standard InChI is InChI=1S/C26H29NOP.BrH/c1-2-3-20-27-21-19-25(26(27)28)29(22-13-7-4-8-14-22,23-15-9-5-10-16-23)24-17-11-6-12-18-24;/h4-18,25H,2-3,19-21H2,1H3;1H/q+1;/p-1. The minimum atomic E-state index is -2.12. The Morgan fingerprint density at radius 2 is 1.23 bits per heavy atom. The maximum absolute atomic E-state index is 13.7. The summed E-state index contributed by atoms with van der Waals surface area (Å²) in [5.74, 6) is 0.336. The number of carbonyl (C=O) groups is 1. The Kier molecular flexibility index (Phi) is 7.86. The molecule has 0 saturated carbocycles. The summed E-state index contributed by atoms with van der Waals surface area (Å²) < 4.78 is 0. The quantitative estimate of drug-likeness (QED) is 0.467. The van der Waals surface area contributed by atoms with Crippen molar-refractivity contribution < 1.29 is 21.8 Å². The molecule has 0 aromatic heterocycles. The first kappa shape index (κ1) is 22.7. The third-order valence-electron chi connectivity index (χ3n) is 6.01. The molecule has 2 nitrogen and oxygen atoms in total. The lowest BCUT2D eigenvalue weighted by Gasteiger charge is -2.32. The zero-order valence-corrected chi connectivity index (χ0v) is 19.9. The Morgan fingerprint density at radius 1 is 0.800 bits per heavy atom. The molecular formula is C26H29BrNOP. The van der Waals surface area contributed by atoms with Gasteiger partial charge in [-0.3, -0.25) is 4.79 Å². The molecule has 0 bridgehead atoms. The molecule has 1 aliphatic rings. The van der Waals surface area contributed by atoms with E-state index in [0.29, 0.717) is 5.91 Å². The molecule has 0 aliphatic carbocycles. The molecule has 0 spiro atoms. The Balaban J connectivity index is 0.00000256. The van der Waals surface area contributed by atoms with Crippen LogP contribution in [0.25, 0.3) is 0 Å². The summed E-state index contributed by atoms with van der Waals surface area (Å²) in [4.78, 5) is 15.8. The molecule has 4 heteroatoms. The van der Waals surface area contributed by atoms with Gasteiger partial charge in [0.25, 0.3) is 5.91 Å². The van der Waals surface area contributed by atoms with Crippen LogP contribution in [-0.4, -0.2) is 29.6 Å². The summed E-state index contributed by atoms with van der Waals surface area (Å²) in [6.07, 6.45) is 3.12. The highest BCUT2D eigenvalue weighted by Gasteiger charge is 2.58. The van der Waals surface area contributed by atoms with Crippen molar-refractivity contribution in [3.8, 4) is 0 Å². The van der Waals surface area contributed by atoms with Gasteiger partial charge >= 0.3 is 0 Å². The van der Waals surface area contributed by atoms with Crippen molar-refractivity contribution in [2.24, 2.45) is 0 Å². The highest BCUT2D eigenvalue weighted by atomic mass is 79.9. The Labute approximate surface area is 191 Å². The molecule has 4 rings (SSSR count). The van der Waals surface area contributed by atoms with Crippen molar-refractivity contribution in [3.05, 3.63) is 91.0 Å². The number of amides is 1. The Morgan fingerprint density at radius 3 is 1.63 bits per heavy atom. The van der Waals surface area contributed by atoms with Gasteiger partial charge in [0.05, 0.1) is 0 Å². The van der Waals surface area contributed by atoms with Crippen molar-refractivity contribution >= 4 is 29.1 Å². The van der Waals surface area contributed by atoms with E-state index in [1.54, 1.807) is 0 Å². The number of nitrogens with zero attached hydrogens (tertiary/aromatic N) is 1. The van der Waals surface area contributed by atoms with Crippen LogP contribution in [0.2, 0.25) is 0 Å². The van der Waals surface area contributed by atoms with Gasteiger partial charge in [0.15, 0.2) is 5.66 Å². The lowest BCUT2D eigenvalue weighted by atomic mass is 10.3. The molecule has 1 saturated heterocycles. The normalized spacial score (nSPS) is 16.4. The van der Waals surface area contributed by atoms with Crippen molar-refractivity contribution in [2.75, 3.05) is 13.1 Å². The molecule has 30 heavy (non-hydrogen) atoms. The maximum Gasteiger partial charge on any atom is 0.264 e. The number of hydrogen-bond donors (Lipinski definition) is 0. The lowest BCUT2D eigenvalue weighted by Crippen LogP contribution is -3.00. The second-order valence-electron chi connectivity index (χ2n) is 7.71. The number of benzene rings is 3. The minimum absolute atomic E-state index is 0.